The van der Waals surface area contributed by atoms with E-state index < -0.39 is 0 Å². The van der Waals surface area contributed by atoms with E-state index in [2.05, 4.69) is 72.8 Å². The topological polar surface area (TPSA) is 18.5 Å². The number of allylic oxidation sites excluding steroid dienone is 1. The highest BCUT2D eigenvalue weighted by Gasteiger charge is 2.19. The maximum atomic E-state index is 6.55. The van der Waals surface area contributed by atoms with Crippen LogP contribution in [0.3, 0.4) is 0 Å². The Kier molecular flexibility index (Phi) is 7.81. The van der Waals surface area contributed by atoms with Gasteiger partial charge in [0, 0.05) is 5.57 Å². The van der Waals surface area contributed by atoms with E-state index in [0.717, 1.165) is 39.7 Å². The van der Waals surface area contributed by atoms with Crippen LogP contribution in [0, 0.1) is 0 Å². The van der Waals surface area contributed by atoms with Crippen LogP contribution in [0.5, 0.6) is 5.75 Å². The van der Waals surface area contributed by atoms with E-state index in [-0.39, 0.29) is 0 Å². The molecule has 0 spiro atoms. The van der Waals surface area contributed by atoms with E-state index in [1.807, 2.05) is 41.7 Å². The first-order valence-electron chi connectivity index (χ1n) is 10.4. The molecule has 0 unspecified atom stereocenters. The lowest BCUT2D eigenvalue weighted by Gasteiger charge is -2.21. The summed E-state index contributed by atoms with van der Waals surface area (Å²) in [5.74, 6) is 4.09. The molecule has 31 heavy (non-hydrogen) atoms. The number of hydrogen-bond acceptors (Lipinski definition) is 4. The second kappa shape index (κ2) is 11.2. The van der Waals surface area contributed by atoms with Crippen molar-refractivity contribution in [2.45, 2.75) is 13.0 Å². The van der Waals surface area contributed by atoms with E-state index in [4.69, 9.17) is 9.47 Å². The largest absolute Gasteiger partial charge is 0.497 e. The van der Waals surface area contributed by atoms with Crippen molar-refractivity contribution in [1.29, 1.82) is 0 Å². The average molecular weight is 447 g/mol. The monoisotopic (exact) mass is 446 g/mol. The third-order valence-electron chi connectivity index (χ3n) is 4.92. The second-order valence-electron chi connectivity index (χ2n) is 7.14. The molecule has 2 nitrogen and oxygen atoms in total. The molecule has 1 heterocycles. The molecular weight excluding hydrogens is 420 g/mol. The summed E-state index contributed by atoms with van der Waals surface area (Å²) in [6.45, 7) is 0.549. The average Bonchev–Trinajstić information content (AvgIpc) is 2.86. The number of ether oxygens (including phenoxy) is 2. The minimum atomic E-state index is 0.549. The Morgan fingerprint density at radius 3 is 2.13 bits per heavy atom. The fourth-order valence-corrected chi connectivity index (χ4v) is 5.87. The lowest BCUT2D eigenvalue weighted by atomic mass is 10.0. The summed E-state index contributed by atoms with van der Waals surface area (Å²) in [7, 11) is 1.69. The Labute approximate surface area is 193 Å². The van der Waals surface area contributed by atoms with Crippen molar-refractivity contribution >= 4 is 35.2 Å². The smallest absolute Gasteiger partial charge is 0.147 e. The van der Waals surface area contributed by atoms with Crippen molar-refractivity contribution in [3.05, 3.63) is 112 Å². The summed E-state index contributed by atoms with van der Waals surface area (Å²) in [6, 6.07) is 29.1. The molecule has 0 radical (unpaired) electrons. The zero-order chi connectivity index (χ0) is 21.3. The summed E-state index contributed by atoms with van der Waals surface area (Å²) in [4.78, 5) is 0. The zero-order valence-electron chi connectivity index (χ0n) is 17.6. The molecule has 0 N–H and O–H groups in total. The highest BCUT2D eigenvalue weighted by molar-refractivity contribution is 8.22. The first-order chi connectivity index (χ1) is 15.3. The van der Waals surface area contributed by atoms with Crippen LogP contribution in [0.25, 0.3) is 11.6 Å². The summed E-state index contributed by atoms with van der Waals surface area (Å²) in [6.07, 6.45) is 3.45. The van der Waals surface area contributed by atoms with Crippen LogP contribution in [0.4, 0.5) is 0 Å². The quantitative estimate of drug-likeness (QED) is 0.276. The summed E-state index contributed by atoms with van der Waals surface area (Å²) in [5, 5.41) is 0. The molecule has 4 rings (SSSR count). The van der Waals surface area contributed by atoms with Crippen molar-refractivity contribution in [2.75, 3.05) is 18.6 Å². The van der Waals surface area contributed by atoms with Crippen molar-refractivity contribution in [1.82, 2.24) is 0 Å². The van der Waals surface area contributed by atoms with Gasteiger partial charge in [0.1, 0.15) is 18.1 Å². The number of hydrogen-bond donors (Lipinski definition) is 0. The van der Waals surface area contributed by atoms with Gasteiger partial charge in [0.2, 0.25) is 0 Å². The fourth-order valence-electron chi connectivity index (χ4n) is 3.30. The molecule has 1 aliphatic rings. The van der Waals surface area contributed by atoms with Gasteiger partial charge in [0.25, 0.3) is 0 Å². The molecule has 0 atom stereocenters. The molecule has 1 saturated heterocycles. The standard InChI is InChI=1S/C27H26O2S2/c1-28-24-15-13-21(14-16-24)19-25(23-11-6-3-7-12-23)26(27-30-17-8-18-31-27)29-20-22-9-4-2-5-10-22/h2-7,9-16,19H,8,17-18,20H2,1H3/b25-19+. The van der Waals surface area contributed by atoms with Crippen LogP contribution in [0.2, 0.25) is 0 Å². The van der Waals surface area contributed by atoms with Gasteiger partial charge in [0.05, 0.1) is 11.3 Å². The normalized spacial score (nSPS) is 14.2. The summed E-state index contributed by atoms with van der Waals surface area (Å²) < 4.78 is 13.1. The maximum absolute atomic E-state index is 6.55. The van der Waals surface area contributed by atoms with Gasteiger partial charge < -0.3 is 9.47 Å². The number of rotatable bonds is 7. The number of thioether (sulfide) groups is 2. The molecule has 0 amide bonds. The molecule has 0 aromatic heterocycles. The summed E-state index contributed by atoms with van der Waals surface area (Å²) >= 11 is 3.81. The van der Waals surface area contributed by atoms with E-state index in [1.165, 1.54) is 16.2 Å². The van der Waals surface area contributed by atoms with Gasteiger partial charge in [-0.15, -0.1) is 23.5 Å². The van der Waals surface area contributed by atoms with Gasteiger partial charge in [-0.05, 0) is 52.8 Å². The zero-order valence-corrected chi connectivity index (χ0v) is 19.3. The van der Waals surface area contributed by atoms with E-state index in [9.17, 15) is 0 Å². The van der Waals surface area contributed by atoms with Gasteiger partial charge in [-0.3, -0.25) is 0 Å². The van der Waals surface area contributed by atoms with E-state index >= 15 is 0 Å². The lowest BCUT2D eigenvalue weighted by molar-refractivity contribution is 0.215. The third kappa shape index (κ3) is 5.99. The molecule has 4 heteroatoms. The number of methoxy groups -OCH3 is 1. The van der Waals surface area contributed by atoms with Crippen LogP contribution < -0.4 is 4.74 Å². The maximum Gasteiger partial charge on any atom is 0.147 e. The number of benzene rings is 3. The first-order valence-corrected chi connectivity index (χ1v) is 12.4. The van der Waals surface area contributed by atoms with E-state index in [0.29, 0.717) is 6.61 Å². The molecule has 0 aliphatic carbocycles. The minimum Gasteiger partial charge on any atom is -0.497 e. The van der Waals surface area contributed by atoms with Gasteiger partial charge in [0.15, 0.2) is 0 Å². The van der Waals surface area contributed by atoms with Crippen molar-refractivity contribution in [2.24, 2.45) is 0 Å². The molecule has 3 aromatic carbocycles. The van der Waals surface area contributed by atoms with Crippen molar-refractivity contribution in [3.8, 4) is 5.75 Å². The van der Waals surface area contributed by atoms with Crippen LogP contribution in [-0.2, 0) is 11.3 Å². The fraction of sp³-hybridized carbons (Fsp3) is 0.185. The Morgan fingerprint density at radius 1 is 0.839 bits per heavy atom. The molecule has 158 valence electrons. The predicted molar refractivity (Wildman–Crippen MR) is 135 cm³/mol. The predicted octanol–water partition coefficient (Wildman–Crippen LogP) is 7.49. The van der Waals surface area contributed by atoms with Crippen LogP contribution >= 0.6 is 23.5 Å². The molecule has 1 aliphatic heterocycles. The SMILES string of the molecule is COc1ccc(/C=C(/C(OCc2ccccc2)=C2SCCCS2)c2ccccc2)cc1. The van der Waals surface area contributed by atoms with Crippen LogP contribution in [0.15, 0.2) is 94.9 Å². The van der Waals surface area contributed by atoms with Crippen molar-refractivity contribution < 1.29 is 9.47 Å². The van der Waals surface area contributed by atoms with Crippen molar-refractivity contribution in [3.63, 3.8) is 0 Å². The van der Waals surface area contributed by atoms with Gasteiger partial charge in [-0.2, -0.15) is 0 Å². The Morgan fingerprint density at radius 2 is 1.48 bits per heavy atom. The molecule has 0 saturated carbocycles. The molecule has 1 fully saturated rings. The van der Waals surface area contributed by atoms with Gasteiger partial charge in [-0.25, -0.2) is 0 Å². The molecule has 0 bridgehead atoms. The van der Waals surface area contributed by atoms with Crippen LogP contribution in [-0.4, -0.2) is 18.6 Å². The summed E-state index contributed by atoms with van der Waals surface area (Å²) in [5.41, 5.74) is 4.55. The Bertz CT molecular complexity index is 1020. The van der Waals surface area contributed by atoms with Gasteiger partial charge >= 0.3 is 0 Å². The lowest BCUT2D eigenvalue weighted by Crippen LogP contribution is -2.03. The van der Waals surface area contributed by atoms with Crippen LogP contribution in [0.1, 0.15) is 23.1 Å². The highest BCUT2D eigenvalue weighted by Crippen LogP contribution is 2.42. The highest BCUT2D eigenvalue weighted by atomic mass is 32.2. The molecule has 3 aromatic rings. The Hall–Kier alpha value is -2.56. The third-order valence-corrected chi connectivity index (χ3v) is 7.51. The Balaban J connectivity index is 1.76. The first kappa shape index (κ1) is 21.7. The molecular formula is C27H26O2S2. The van der Waals surface area contributed by atoms with Gasteiger partial charge in [-0.1, -0.05) is 72.8 Å². The minimum absolute atomic E-state index is 0.549. The second-order valence-corrected chi connectivity index (χ2v) is 9.61. The van der Waals surface area contributed by atoms with E-state index in [1.54, 1.807) is 7.11 Å².